The van der Waals surface area contributed by atoms with Crippen molar-refractivity contribution in [2.75, 3.05) is 13.1 Å². The summed E-state index contributed by atoms with van der Waals surface area (Å²) < 4.78 is 1.69. The minimum atomic E-state index is 0.0227. The van der Waals surface area contributed by atoms with Crippen LogP contribution >= 0.6 is 11.3 Å². The molecule has 0 aromatic carbocycles. The maximum atomic E-state index is 12.3. The van der Waals surface area contributed by atoms with Crippen molar-refractivity contribution in [1.82, 2.24) is 9.47 Å². The number of nitrogens with zero attached hydrogens (tertiary/aromatic N) is 2. The summed E-state index contributed by atoms with van der Waals surface area (Å²) in [4.78, 5) is 25.9. The first-order valence-electron chi connectivity index (χ1n) is 7.24. The zero-order valence-corrected chi connectivity index (χ0v) is 14.0. The maximum Gasteiger partial charge on any atom is 0.307 e. The Morgan fingerprint density at radius 3 is 2.20 bits per heavy atom. The van der Waals surface area contributed by atoms with Crippen LogP contribution in [-0.4, -0.2) is 28.5 Å². The number of hydrogen-bond acceptors (Lipinski definition) is 3. The Balaban J connectivity index is 2.64. The Labute approximate surface area is 125 Å². The van der Waals surface area contributed by atoms with Gasteiger partial charge in [0.05, 0.1) is 0 Å². The molecule has 1 amide bonds. The van der Waals surface area contributed by atoms with E-state index in [-0.39, 0.29) is 10.8 Å². The summed E-state index contributed by atoms with van der Waals surface area (Å²) in [6.45, 7) is 12.4. The molecule has 0 unspecified atom stereocenters. The summed E-state index contributed by atoms with van der Waals surface area (Å²) in [6, 6.07) is 0. The monoisotopic (exact) mass is 298 g/mol. The minimum Gasteiger partial charge on any atom is -0.342 e. The van der Waals surface area contributed by atoms with Crippen LogP contribution in [0.1, 0.15) is 39.8 Å². The fraction of sp³-hybridized carbons (Fsp3) is 0.733. The van der Waals surface area contributed by atoms with Gasteiger partial charge in [-0.1, -0.05) is 39.0 Å². The highest BCUT2D eigenvalue weighted by Crippen LogP contribution is 2.08. The van der Waals surface area contributed by atoms with Gasteiger partial charge in [0.15, 0.2) is 0 Å². The van der Waals surface area contributed by atoms with Crippen LogP contribution < -0.4 is 4.87 Å². The van der Waals surface area contributed by atoms with E-state index in [0.717, 1.165) is 18.8 Å². The number of rotatable bonds is 7. The Kier molecular flexibility index (Phi) is 6.46. The number of amides is 1. The van der Waals surface area contributed by atoms with Gasteiger partial charge in [-0.2, -0.15) is 0 Å². The highest BCUT2D eigenvalue weighted by Gasteiger charge is 2.16. The molecular formula is C15H26N2O2S. The molecule has 0 saturated carbocycles. The van der Waals surface area contributed by atoms with Gasteiger partial charge in [-0.05, 0) is 18.8 Å². The smallest absolute Gasteiger partial charge is 0.307 e. The van der Waals surface area contributed by atoms with E-state index in [4.69, 9.17) is 0 Å². The summed E-state index contributed by atoms with van der Waals surface area (Å²) in [5.41, 5.74) is 0.937. The summed E-state index contributed by atoms with van der Waals surface area (Å²) in [7, 11) is 0. The molecule has 0 aliphatic heterocycles. The SMILES string of the molecule is Cc1csc(=O)n1CCC(=O)N(CC(C)C)CC(C)C. The summed E-state index contributed by atoms with van der Waals surface area (Å²) in [6.07, 6.45) is 0.400. The first-order valence-corrected chi connectivity index (χ1v) is 8.12. The Bertz CT molecular complexity index is 478. The lowest BCUT2D eigenvalue weighted by Gasteiger charge is -2.26. The van der Waals surface area contributed by atoms with Crippen molar-refractivity contribution in [3.63, 3.8) is 0 Å². The molecule has 0 radical (unpaired) electrons. The van der Waals surface area contributed by atoms with Crippen LogP contribution in [0.4, 0.5) is 0 Å². The number of carbonyl (C=O) groups excluding carboxylic acids is 1. The van der Waals surface area contributed by atoms with Crippen LogP contribution in [0.25, 0.3) is 0 Å². The average molecular weight is 298 g/mol. The zero-order chi connectivity index (χ0) is 15.3. The predicted octanol–water partition coefficient (Wildman–Crippen LogP) is 2.75. The van der Waals surface area contributed by atoms with Crippen LogP contribution in [-0.2, 0) is 11.3 Å². The summed E-state index contributed by atoms with van der Waals surface area (Å²) in [5.74, 6) is 1.07. The van der Waals surface area contributed by atoms with E-state index in [0.29, 0.717) is 24.8 Å². The molecule has 5 heteroatoms. The Hall–Kier alpha value is -1.10. The molecule has 0 saturated heterocycles. The quantitative estimate of drug-likeness (QED) is 0.777. The lowest BCUT2D eigenvalue weighted by molar-refractivity contribution is -0.132. The maximum absolute atomic E-state index is 12.3. The highest BCUT2D eigenvalue weighted by atomic mass is 32.1. The van der Waals surface area contributed by atoms with Crippen molar-refractivity contribution in [2.24, 2.45) is 11.8 Å². The van der Waals surface area contributed by atoms with Gasteiger partial charge < -0.3 is 9.47 Å². The number of aryl methyl sites for hydroxylation is 1. The van der Waals surface area contributed by atoms with Crippen molar-refractivity contribution in [1.29, 1.82) is 0 Å². The fourth-order valence-corrected chi connectivity index (χ4v) is 2.96. The largest absolute Gasteiger partial charge is 0.342 e. The van der Waals surface area contributed by atoms with Gasteiger partial charge in [0.25, 0.3) is 0 Å². The van der Waals surface area contributed by atoms with E-state index in [2.05, 4.69) is 27.7 Å². The molecule has 0 bridgehead atoms. The van der Waals surface area contributed by atoms with Crippen molar-refractivity contribution < 1.29 is 4.79 Å². The molecule has 1 aromatic rings. The molecule has 1 rings (SSSR count). The van der Waals surface area contributed by atoms with Crippen molar-refractivity contribution in [3.8, 4) is 0 Å². The third kappa shape index (κ3) is 5.12. The van der Waals surface area contributed by atoms with E-state index in [1.165, 1.54) is 11.3 Å². The fourth-order valence-electron chi connectivity index (χ4n) is 2.20. The lowest BCUT2D eigenvalue weighted by atomic mass is 10.1. The molecule has 20 heavy (non-hydrogen) atoms. The minimum absolute atomic E-state index is 0.0227. The van der Waals surface area contributed by atoms with Crippen LogP contribution in [0, 0.1) is 18.8 Å². The van der Waals surface area contributed by atoms with E-state index in [9.17, 15) is 9.59 Å². The van der Waals surface area contributed by atoms with Crippen molar-refractivity contribution >= 4 is 17.2 Å². The zero-order valence-electron chi connectivity index (χ0n) is 13.2. The van der Waals surface area contributed by atoms with Crippen LogP contribution in [0.2, 0.25) is 0 Å². The van der Waals surface area contributed by atoms with Gasteiger partial charge in [0, 0.05) is 37.1 Å². The predicted molar refractivity (Wildman–Crippen MR) is 84.2 cm³/mol. The molecule has 0 N–H and O–H groups in total. The molecule has 1 heterocycles. The highest BCUT2D eigenvalue weighted by molar-refractivity contribution is 7.07. The van der Waals surface area contributed by atoms with Gasteiger partial charge in [0.2, 0.25) is 5.91 Å². The van der Waals surface area contributed by atoms with E-state index in [1.807, 2.05) is 17.2 Å². The van der Waals surface area contributed by atoms with Gasteiger partial charge in [0.1, 0.15) is 0 Å². The summed E-state index contributed by atoms with van der Waals surface area (Å²) >= 11 is 1.19. The van der Waals surface area contributed by atoms with Crippen LogP contribution in [0.5, 0.6) is 0 Å². The first-order chi connectivity index (χ1) is 9.31. The van der Waals surface area contributed by atoms with Gasteiger partial charge in [-0.25, -0.2) is 0 Å². The molecule has 0 atom stereocenters. The molecule has 0 aliphatic carbocycles. The number of carbonyl (C=O) groups is 1. The molecule has 1 aromatic heterocycles. The average Bonchev–Trinajstić information content (AvgIpc) is 2.64. The third-order valence-electron chi connectivity index (χ3n) is 3.05. The second-order valence-electron chi connectivity index (χ2n) is 6.13. The molecule has 0 spiro atoms. The number of thiazole rings is 1. The van der Waals surface area contributed by atoms with Gasteiger partial charge in [-0.15, -0.1) is 0 Å². The summed E-state index contributed by atoms with van der Waals surface area (Å²) in [5, 5.41) is 1.84. The molecule has 4 nitrogen and oxygen atoms in total. The first kappa shape index (κ1) is 17.0. The second kappa shape index (κ2) is 7.62. The number of hydrogen-bond donors (Lipinski definition) is 0. The molecule has 0 fully saturated rings. The normalized spacial score (nSPS) is 11.3. The van der Waals surface area contributed by atoms with Gasteiger partial charge in [-0.3, -0.25) is 9.59 Å². The standard InChI is InChI=1S/C15H26N2O2S/c1-11(2)8-16(9-12(3)4)14(18)6-7-17-13(5)10-20-15(17)19/h10-12H,6-9H2,1-5H3. The Morgan fingerprint density at radius 1 is 1.25 bits per heavy atom. The molecule has 114 valence electrons. The molecular weight excluding hydrogens is 272 g/mol. The van der Waals surface area contributed by atoms with Crippen molar-refractivity contribution in [3.05, 3.63) is 20.7 Å². The molecule has 0 aliphatic rings. The van der Waals surface area contributed by atoms with E-state index >= 15 is 0 Å². The van der Waals surface area contributed by atoms with Crippen LogP contribution in [0.3, 0.4) is 0 Å². The van der Waals surface area contributed by atoms with E-state index in [1.54, 1.807) is 4.57 Å². The number of aromatic nitrogens is 1. The van der Waals surface area contributed by atoms with E-state index < -0.39 is 0 Å². The van der Waals surface area contributed by atoms with Crippen molar-refractivity contribution in [2.45, 2.75) is 47.6 Å². The lowest BCUT2D eigenvalue weighted by Crippen LogP contribution is -2.37. The van der Waals surface area contributed by atoms with Gasteiger partial charge >= 0.3 is 4.87 Å². The third-order valence-corrected chi connectivity index (χ3v) is 3.93. The Morgan fingerprint density at radius 2 is 1.80 bits per heavy atom. The topological polar surface area (TPSA) is 42.3 Å². The van der Waals surface area contributed by atoms with Crippen LogP contribution in [0.15, 0.2) is 10.2 Å². The second-order valence-corrected chi connectivity index (χ2v) is 6.95.